The second kappa shape index (κ2) is 4.95. The Morgan fingerprint density at radius 3 is 2.86 bits per heavy atom. The molecule has 0 aliphatic rings. The smallest absolute Gasteiger partial charge is 0.411 e. The van der Waals surface area contributed by atoms with E-state index < -0.39 is 6.09 Å². The molecule has 0 aliphatic heterocycles. The van der Waals surface area contributed by atoms with Crippen LogP contribution in [0.1, 0.15) is 13.8 Å². The first-order chi connectivity index (χ1) is 6.58. The van der Waals surface area contributed by atoms with Gasteiger partial charge in [-0.25, -0.2) is 4.79 Å². The number of hydrogen-bond acceptors (Lipinski definition) is 3. The van der Waals surface area contributed by atoms with Gasteiger partial charge in [0.1, 0.15) is 0 Å². The van der Waals surface area contributed by atoms with E-state index in [1.54, 1.807) is 32.3 Å². The van der Waals surface area contributed by atoms with Gasteiger partial charge in [-0.05, 0) is 35.8 Å². The van der Waals surface area contributed by atoms with Gasteiger partial charge in [0.15, 0.2) is 0 Å². The van der Waals surface area contributed by atoms with Crippen molar-refractivity contribution in [1.29, 1.82) is 0 Å². The average Bonchev–Trinajstić information content (AvgIpc) is 2.01. The summed E-state index contributed by atoms with van der Waals surface area (Å²) in [7, 11) is 0. The quantitative estimate of drug-likeness (QED) is 0.888. The molecule has 0 unspecified atom stereocenters. The molecule has 1 heterocycles. The van der Waals surface area contributed by atoms with E-state index in [0.29, 0.717) is 5.69 Å². The minimum absolute atomic E-state index is 0.130. The molecule has 0 radical (unpaired) electrons. The Hall–Kier alpha value is -1.10. The van der Waals surface area contributed by atoms with E-state index >= 15 is 0 Å². The van der Waals surface area contributed by atoms with Gasteiger partial charge in [0.2, 0.25) is 0 Å². The van der Waals surface area contributed by atoms with E-state index in [1.165, 1.54) is 0 Å². The van der Waals surface area contributed by atoms with Crippen LogP contribution >= 0.6 is 15.9 Å². The van der Waals surface area contributed by atoms with Crippen molar-refractivity contribution in [3.8, 4) is 0 Å². The minimum atomic E-state index is -0.472. The molecule has 0 bridgehead atoms. The standard InChI is InChI=1S/C9H11BrN2O2/c1-6(2)14-9(13)12-8-3-7(10)4-11-5-8/h3-6H,1-2H3,(H,12,13). The zero-order valence-electron chi connectivity index (χ0n) is 7.95. The van der Waals surface area contributed by atoms with Crippen molar-refractivity contribution >= 4 is 27.7 Å². The van der Waals surface area contributed by atoms with Crippen LogP contribution in [0.25, 0.3) is 0 Å². The lowest BCUT2D eigenvalue weighted by atomic mass is 10.4. The summed E-state index contributed by atoms with van der Waals surface area (Å²) in [5.41, 5.74) is 0.602. The molecule has 0 atom stereocenters. The number of hydrogen-bond donors (Lipinski definition) is 1. The first-order valence-corrected chi connectivity index (χ1v) is 4.95. The molecule has 0 saturated heterocycles. The first kappa shape index (κ1) is 11.0. The van der Waals surface area contributed by atoms with E-state index in [2.05, 4.69) is 26.2 Å². The van der Waals surface area contributed by atoms with Crippen molar-refractivity contribution in [3.05, 3.63) is 22.9 Å². The van der Waals surface area contributed by atoms with Gasteiger partial charge in [-0.15, -0.1) is 0 Å². The van der Waals surface area contributed by atoms with Crippen LogP contribution in [0.2, 0.25) is 0 Å². The SMILES string of the molecule is CC(C)OC(=O)Nc1cncc(Br)c1. The second-order valence-electron chi connectivity index (χ2n) is 2.97. The van der Waals surface area contributed by atoms with Crippen LogP contribution in [0.15, 0.2) is 22.9 Å². The van der Waals surface area contributed by atoms with E-state index in [-0.39, 0.29) is 6.10 Å². The van der Waals surface area contributed by atoms with Crippen LogP contribution < -0.4 is 5.32 Å². The van der Waals surface area contributed by atoms with Gasteiger partial charge in [-0.3, -0.25) is 10.3 Å². The van der Waals surface area contributed by atoms with Crippen molar-refractivity contribution in [1.82, 2.24) is 4.98 Å². The summed E-state index contributed by atoms with van der Waals surface area (Å²) in [5.74, 6) is 0. The third kappa shape index (κ3) is 3.74. The van der Waals surface area contributed by atoms with Gasteiger partial charge in [0, 0.05) is 10.7 Å². The highest BCUT2D eigenvalue weighted by Crippen LogP contribution is 2.13. The maximum Gasteiger partial charge on any atom is 0.411 e. The minimum Gasteiger partial charge on any atom is -0.447 e. The third-order valence-corrected chi connectivity index (χ3v) is 1.73. The molecule has 14 heavy (non-hydrogen) atoms. The molecular formula is C9H11BrN2O2. The second-order valence-corrected chi connectivity index (χ2v) is 3.89. The Labute approximate surface area is 90.8 Å². The monoisotopic (exact) mass is 258 g/mol. The molecule has 1 aromatic rings. The predicted molar refractivity (Wildman–Crippen MR) is 57.2 cm³/mol. The molecular weight excluding hydrogens is 248 g/mol. The summed E-state index contributed by atoms with van der Waals surface area (Å²) >= 11 is 3.25. The number of aromatic nitrogens is 1. The third-order valence-electron chi connectivity index (χ3n) is 1.29. The molecule has 0 saturated carbocycles. The molecule has 1 N–H and O–H groups in total. The molecule has 0 aliphatic carbocycles. The largest absolute Gasteiger partial charge is 0.447 e. The fraction of sp³-hybridized carbons (Fsp3) is 0.333. The number of rotatable bonds is 2. The Bertz CT molecular complexity index is 328. The van der Waals surface area contributed by atoms with E-state index in [4.69, 9.17) is 4.74 Å². The maximum absolute atomic E-state index is 11.2. The van der Waals surface area contributed by atoms with Gasteiger partial charge in [-0.1, -0.05) is 0 Å². The zero-order chi connectivity index (χ0) is 10.6. The Morgan fingerprint density at radius 2 is 2.29 bits per heavy atom. The topological polar surface area (TPSA) is 51.2 Å². The zero-order valence-corrected chi connectivity index (χ0v) is 9.54. The van der Waals surface area contributed by atoms with Gasteiger partial charge in [-0.2, -0.15) is 0 Å². The molecule has 0 aromatic carbocycles. The van der Waals surface area contributed by atoms with Crippen LogP contribution in [0.3, 0.4) is 0 Å². The van der Waals surface area contributed by atoms with Crippen molar-refractivity contribution in [2.24, 2.45) is 0 Å². The lowest BCUT2D eigenvalue weighted by molar-refractivity contribution is 0.130. The fourth-order valence-corrected chi connectivity index (χ4v) is 1.21. The van der Waals surface area contributed by atoms with Crippen molar-refractivity contribution in [2.75, 3.05) is 5.32 Å². The Morgan fingerprint density at radius 1 is 1.57 bits per heavy atom. The number of carbonyl (C=O) groups excluding carboxylic acids is 1. The van der Waals surface area contributed by atoms with Gasteiger partial charge in [0.25, 0.3) is 0 Å². The van der Waals surface area contributed by atoms with E-state index in [0.717, 1.165) is 4.47 Å². The van der Waals surface area contributed by atoms with Crippen LogP contribution in [0.4, 0.5) is 10.5 Å². The highest BCUT2D eigenvalue weighted by atomic mass is 79.9. The van der Waals surface area contributed by atoms with Crippen LogP contribution in [0.5, 0.6) is 0 Å². The lowest BCUT2D eigenvalue weighted by Gasteiger charge is -2.08. The average molecular weight is 259 g/mol. The normalized spacial score (nSPS) is 10.0. The summed E-state index contributed by atoms with van der Waals surface area (Å²) in [6, 6.07) is 1.74. The van der Waals surface area contributed by atoms with Crippen LogP contribution in [-0.2, 0) is 4.74 Å². The molecule has 5 heteroatoms. The summed E-state index contributed by atoms with van der Waals surface area (Å²) in [5, 5.41) is 2.56. The van der Waals surface area contributed by atoms with Crippen LogP contribution in [-0.4, -0.2) is 17.2 Å². The first-order valence-electron chi connectivity index (χ1n) is 4.16. The fourth-order valence-electron chi connectivity index (χ4n) is 0.842. The predicted octanol–water partition coefficient (Wildman–Crippen LogP) is 2.80. The van der Waals surface area contributed by atoms with Gasteiger partial charge >= 0.3 is 6.09 Å². The number of halogens is 1. The number of nitrogens with zero attached hydrogens (tertiary/aromatic N) is 1. The molecule has 1 amide bonds. The molecule has 1 aromatic heterocycles. The number of carbonyl (C=O) groups is 1. The highest BCUT2D eigenvalue weighted by Gasteiger charge is 2.05. The lowest BCUT2D eigenvalue weighted by Crippen LogP contribution is -2.17. The number of amides is 1. The Kier molecular flexibility index (Phi) is 3.88. The summed E-state index contributed by atoms with van der Waals surface area (Å²) in [4.78, 5) is 15.1. The van der Waals surface area contributed by atoms with E-state index in [9.17, 15) is 4.79 Å². The Balaban J connectivity index is 2.56. The summed E-state index contributed by atoms with van der Waals surface area (Å²) in [6.45, 7) is 3.58. The number of nitrogens with one attached hydrogen (secondary N) is 1. The van der Waals surface area contributed by atoms with Crippen LogP contribution in [0, 0.1) is 0 Å². The molecule has 4 nitrogen and oxygen atoms in total. The van der Waals surface area contributed by atoms with Crippen molar-refractivity contribution < 1.29 is 9.53 Å². The highest BCUT2D eigenvalue weighted by molar-refractivity contribution is 9.10. The van der Waals surface area contributed by atoms with E-state index in [1.807, 2.05) is 0 Å². The number of pyridine rings is 1. The summed E-state index contributed by atoms with van der Waals surface area (Å²) in [6.07, 6.45) is 2.58. The number of ether oxygens (including phenoxy) is 1. The molecule has 76 valence electrons. The van der Waals surface area contributed by atoms with Crippen molar-refractivity contribution in [2.45, 2.75) is 20.0 Å². The number of anilines is 1. The molecule has 0 spiro atoms. The molecule has 0 fully saturated rings. The summed E-state index contributed by atoms with van der Waals surface area (Å²) < 4.78 is 5.71. The maximum atomic E-state index is 11.2. The van der Waals surface area contributed by atoms with Gasteiger partial charge < -0.3 is 4.74 Å². The van der Waals surface area contributed by atoms with Crippen molar-refractivity contribution in [3.63, 3.8) is 0 Å². The van der Waals surface area contributed by atoms with Gasteiger partial charge in [0.05, 0.1) is 18.0 Å². The molecule has 1 rings (SSSR count).